The van der Waals surface area contributed by atoms with Gasteiger partial charge in [-0.2, -0.15) is 0 Å². The molecule has 0 atom stereocenters. The van der Waals surface area contributed by atoms with Crippen molar-refractivity contribution in [3.63, 3.8) is 0 Å². The third-order valence-corrected chi connectivity index (χ3v) is 13.6. The summed E-state index contributed by atoms with van der Waals surface area (Å²) >= 11 is 1.93. The Bertz CT molecular complexity index is 3380. The van der Waals surface area contributed by atoms with Crippen molar-refractivity contribution < 1.29 is 0 Å². The van der Waals surface area contributed by atoms with E-state index in [1.807, 2.05) is 11.3 Å². The van der Waals surface area contributed by atoms with Crippen LogP contribution in [0.3, 0.4) is 0 Å². The fourth-order valence-electron chi connectivity index (χ4n) is 9.75. The second-order valence-corrected chi connectivity index (χ2v) is 16.7. The Labute approximate surface area is 323 Å². The number of benzene rings is 9. The first-order valence-corrected chi connectivity index (χ1v) is 20.0. The molecule has 1 nitrogen and oxygen atoms in total. The van der Waals surface area contributed by atoms with Gasteiger partial charge in [0.1, 0.15) is 0 Å². The number of hydrogen-bond acceptors (Lipinski definition) is 1. The number of hydrogen-bond donors (Lipinski definition) is 0. The van der Waals surface area contributed by atoms with E-state index in [0.29, 0.717) is 0 Å². The van der Waals surface area contributed by atoms with Gasteiger partial charge in [-0.25, -0.2) is 0 Å². The van der Waals surface area contributed by atoms with Crippen LogP contribution in [-0.4, -0.2) is 4.57 Å². The summed E-state index contributed by atoms with van der Waals surface area (Å²) in [4.78, 5) is 0. The summed E-state index contributed by atoms with van der Waals surface area (Å²) in [5, 5.41) is 10.5. The minimum atomic E-state index is -0.0320. The molecule has 0 amide bonds. The molecule has 0 unspecified atom stereocenters. The fourth-order valence-corrected chi connectivity index (χ4v) is 11.0. The predicted octanol–water partition coefficient (Wildman–Crippen LogP) is 15.1. The third-order valence-electron chi connectivity index (χ3n) is 12.4. The van der Waals surface area contributed by atoms with Crippen LogP contribution < -0.4 is 0 Å². The zero-order chi connectivity index (χ0) is 36.4. The number of aromatic nitrogens is 1. The fraction of sp³-hybridized carbons (Fsp3) is 0.0566. The van der Waals surface area contributed by atoms with Crippen LogP contribution in [0.25, 0.3) is 103 Å². The van der Waals surface area contributed by atoms with Crippen LogP contribution in [-0.2, 0) is 5.41 Å². The average molecular weight is 718 g/mol. The van der Waals surface area contributed by atoms with Crippen molar-refractivity contribution in [2.24, 2.45) is 0 Å². The van der Waals surface area contributed by atoms with Crippen molar-refractivity contribution in [1.29, 1.82) is 0 Å². The van der Waals surface area contributed by atoms with Gasteiger partial charge in [0, 0.05) is 47.4 Å². The van der Waals surface area contributed by atoms with E-state index in [0.717, 1.165) is 0 Å². The lowest BCUT2D eigenvalue weighted by atomic mass is 9.81. The first kappa shape index (κ1) is 30.9. The normalized spacial score (nSPS) is 13.4. The van der Waals surface area contributed by atoms with E-state index < -0.39 is 0 Å². The van der Waals surface area contributed by atoms with Crippen LogP contribution in [0.5, 0.6) is 0 Å². The Morgan fingerprint density at radius 1 is 0.418 bits per heavy atom. The topological polar surface area (TPSA) is 4.93 Å². The standard InChI is InChI=1S/C53H35NS/c1-53(2)45-19-11-10-16-39(45)40-26-22-35(31-46(40)53)34-23-29-48-44(30-34)43-27-28-47-50(52(43)55-48)49-41-17-8-6-14-37(41)38-15-7-9-18-42(38)51(49)54(47)36-24-20-33(21-25-36)32-12-4-3-5-13-32/h3-31H,1-2H3. The van der Waals surface area contributed by atoms with Crippen molar-refractivity contribution in [3.8, 4) is 39.1 Å². The van der Waals surface area contributed by atoms with Gasteiger partial charge in [0.2, 0.25) is 0 Å². The molecular formula is C53H35NS. The Balaban J connectivity index is 1.12. The van der Waals surface area contributed by atoms with E-state index in [-0.39, 0.29) is 5.41 Å². The molecule has 0 N–H and O–H groups in total. The van der Waals surface area contributed by atoms with Crippen molar-refractivity contribution in [2.75, 3.05) is 0 Å². The Kier molecular flexibility index (Phi) is 6.34. The van der Waals surface area contributed by atoms with Gasteiger partial charge in [0.15, 0.2) is 0 Å². The SMILES string of the molecule is CC1(C)c2ccccc2-c2ccc(-c3ccc4sc5c(ccc6c5c5c7ccccc7c7ccccc7c5n6-c5ccc(-c6ccccc6)cc5)c4c3)cc21. The number of fused-ring (bicyclic) bond motifs is 15. The van der Waals surface area contributed by atoms with Crippen molar-refractivity contribution in [3.05, 3.63) is 187 Å². The molecule has 2 aromatic heterocycles. The minimum Gasteiger partial charge on any atom is -0.309 e. The molecule has 0 fully saturated rings. The smallest absolute Gasteiger partial charge is 0.0626 e. The van der Waals surface area contributed by atoms with E-state index in [4.69, 9.17) is 0 Å². The van der Waals surface area contributed by atoms with Crippen LogP contribution in [0.1, 0.15) is 25.0 Å². The van der Waals surface area contributed by atoms with Gasteiger partial charge in [-0.05, 0) is 97.1 Å². The van der Waals surface area contributed by atoms with Gasteiger partial charge in [-0.15, -0.1) is 11.3 Å². The number of thiophene rings is 1. The second kappa shape index (κ2) is 11.3. The quantitative estimate of drug-likeness (QED) is 0.160. The van der Waals surface area contributed by atoms with Crippen LogP contribution in [0.4, 0.5) is 0 Å². The second-order valence-electron chi connectivity index (χ2n) is 15.6. The molecule has 2 heteroatoms. The van der Waals surface area contributed by atoms with Crippen molar-refractivity contribution in [1.82, 2.24) is 4.57 Å². The first-order valence-electron chi connectivity index (χ1n) is 19.2. The van der Waals surface area contributed by atoms with E-state index in [1.165, 1.54) is 114 Å². The van der Waals surface area contributed by atoms with E-state index >= 15 is 0 Å². The monoisotopic (exact) mass is 717 g/mol. The third kappa shape index (κ3) is 4.29. The summed E-state index contributed by atoms with van der Waals surface area (Å²) in [6.07, 6.45) is 0. The molecule has 0 aliphatic heterocycles. The molecule has 0 bridgehead atoms. The molecule has 1 aliphatic rings. The summed E-state index contributed by atoms with van der Waals surface area (Å²) < 4.78 is 5.19. The highest BCUT2D eigenvalue weighted by atomic mass is 32.1. The van der Waals surface area contributed by atoms with Gasteiger partial charge in [0.25, 0.3) is 0 Å². The van der Waals surface area contributed by atoms with Crippen LogP contribution in [0.2, 0.25) is 0 Å². The highest BCUT2D eigenvalue weighted by Crippen LogP contribution is 2.51. The highest BCUT2D eigenvalue weighted by molar-refractivity contribution is 7.26. The molecule has 12 rings (SSSR count). The van der Waals surface area contributed by atoms with Crippen LogP contribution >= 0.6 is 11.3 Å². The lowest BCUT2D eigenvalue weighted by molar-refractivity contribution is 0.660. The molecule has 0 spiro atoms. The maximum absolute atomic E-state index is 2.52. The van der Waals surface area contributed by atoms with Crippen molar-refractivity contribution in [2.45, 2.75) is 19.3 Å². The van der Waals surface area contributed by atoms with Crippen molar-refractivity contribution >= 4 is 74.9 Å². The lowest BCUT2D eigenvalue weighted by Gasteiger charge is -2.22. The van der Waals surface area contributed by atoms with Gasteiger partial charge < -0.3 is 4.57 Å². The molecule has 1 aliphatic carbocycles. The van der Waals surface area contributed by atoms with Gasteiger partial charge in [-0.1, -0.05) is 153 Å². The minimum absolute atomic E-state index is 0.0320. The van der Waals surface area contributed by atoms with Crippen LogP contribution in [0.15, 0.2) is 176 Å². The maximum atomic E-state index is 2.52. The molecule has 0 saturated heterocycles. The summed E-state index contributed by atoms with van der Waals surface area (Å²) in [5.41, 5.74) is 14.2. The first-order chi connectivity index (χ1) is 27.0. The van der Waals surface area contributed by atoms with E-state index in [1.54, 1.807) is 0 Å². The maximum Gasteiger partial charge on any atom is 0.0626 e. The zero-order valence-electron chi connectivity index (χ0n) is 30.6. The molecule has 55 heavy (non-hydrogen) atoms. The molecule has 2 heterocycles. The molecule has 11 aromatic rings. The summed E-state index contributed by atoms with van der Waals surface area (Å²) in [6.45, 7) is 4.73. The zero-order valence-corrected chi connectivity index (χ0v) is 31.4. The molecule has 0 radical (unpaired) electrons. The molecule has 0 saturated carbocycles. The van der Waals surface area contributed by atoms with E-state index in [9.17, 15) is 0 Å². The largest absolute Gasteiger partial charge is 0.309 e. The summed E-state index contributed by atoms with van der Waals surface area (Å²) in [7, 11) is 0. The Morgan fingerprint density at radius 3 is 1.85 bits per heavy atom. The number of nitrogens with zero attached hydrogens (tertiary/aromatic N) is 1. The average Bonchev–Trinajstić information content (AvgIpc) is 3.87. The number of rotatable bonds is 3. The van der Waals surface area contributed by atoms with Gasteiger partial charge in [-0.3, -0.25) is 0 Å². The van der Waals surface area contributed by atoms with E-state index in [2.05, 4.69) is 194 Å². The highest BCUT2D eigenvalue weighted by Gasteiger charge is 2.35. The molecule has 9 aromatic carbocycles. The Morgan fingerprint density at radius 2 is 1.04 bits per heavy atom. The summed E-state index contributed by atoms with van der Waals surface area (Å²) in [6, 6.07) is 65.6. The molecular weight excluding hydrogens is 683 g/mol. The lowest BCUT2D eigenvalue weighted by Crippen LogP contribution is -2.14. The Hall–Kier alpha value is -6.48. The molecule has 258 valence electrons. The van der Waals surface area contributed by atoms with Gasteiger partial charge in [0.05, 0.1) is 11.0 Å². The predicted molar refractivity (Wildman–Crippen MR) is 237 cm³/mol. The van der Waals surface area contributed by atoms with Gasteiger partial charge >= 0.3 is 0 Å². The summed E-state index contributed by atoms with van der Waals surface area (Å²) in [5.74, 6) is 0. The van der Waals surface area contributed by atoms with Crippen LogP contribution in [0, 0.1) is 0 Å².